The van der Waals surface area contributed by atoms with Crippen LogP contribution in [0.1, 0.15) is 21.6 Å². The second-order valence-corrected chi connectivity index (χ2v) is 9.08. The fourth-order valence-corrected chi connectivity index (χ4v) is 4.55. The maximum atomic E-state index is 13.3. The van der Waals surface area contributed by atoms with E-state index in [0.29, 0.717) is 29.3 Å². The number of nitrogen functional groups attached to an aromatic ring is 1. The summed E-state index contributed by atoms with van der Waals surface area (Å²) in [6, 6.07) is 28.6. The number of alkyl carbamates (subject to hydrolysis) is 1. The first-order valence-electron chi connectivity index (χ1n) is 12.6. The molecule has 1 aromatic heterocycles. The lowest BCUT2D eigenvalue weighted by molar-refractivity contribution is 0.0495. The van der Waals surface area contributed by atoms with Crippen molar-refractivity contribution in [2.24, 2.45) is 5.73 Å². The molecule has 9 heteroatoms. The summed E-state index contributed by atoms with van der Waals surface area (Å²) in [5.41, 5.74) is 8.30. The van der Waals surface area contributed by atoms with E-state index in [9.17, 15) is 9.59 Å². The number of hydrogen-bond donors (Lipinski definition) is 3. The summed E-state index contributed by atoms with van der Waals surface area (Å²) in [6.45, 7) is 0.399. The second kappa shape index (κ2) is 11.6. The molecular weight excluding hydrogens is 508 g/mol. The van der Waals surface area contributed by atoms with E-state index in [4.69, 9.17) is 20.6 Å². The lowest BCUT2D eigenvalue weighted by Gasteiger charge is -2.15. The minimum absolute atomic E-state index is 0.0303. The van der Waals surface area contributed by atoms with Crippen LogP contribution < -0.4 is 15.8 Å². The predicted molar refractivity (Wildman–Crippen MR) is 153 cm³/mol. The van der Waals surface area contributed by atoms with Crippen LogP contribution in [-0.4, -0.2) is 42.7 Å². The molecule has 0 aliphatic carbocycles. The Hall–Kier alpha value is -5.31. The monoisotopic (exact) mass is 536 g/mol. The summed E-state index contributed by atoms with van der Waals surface area (Å²) < 4.78 is 18.0. The lowest BCUT2D eigenvalue weighted by atomic mass is 10.0. The Kier molecular flexibility index (Phi) is 7.63. The van der Waals surface area contributed by atoms with Crippen LogP contribution in [0.3, 0.4) is 0 Å². The number of nitrogens with zero attached hydrogens (tertiary/aromatic N) is 1. The Morgan fingerprint density at radius 3 is 2.45 bits per heavy atom. The molecule has 0 fully saturated rings. The maximum absolute atomic E-state index is 13.3. The van der Waals surface area contributed by atoms with Crippen molar-refractivity contribution in [2.45, 2.75) is 6.54 Å². The number of esters is 1. The summed E-state index contributed by atoms with van der Waals surface area (Å²) in [5, 5.41) is 13.2. The molecule has 4 N–H and O–H groups in total. The number of carbonyl (C=O) groups is 2. The molecule has 0 radical (unpaired) electrons. The van der Waals surface area contributed by atoms with Gasteiger partial charge in [-0.1, -0.05) is 54.6 Å². The van der Waals surface area contributed by atoms with E-state index in [-0.39, 0.29) is 19.0 Å². The van der Waals surface area contributed by atoms with Gasteiger partial charge in [0.1, 0.15) is 29.6 Å². The number of hydrogen-bond acceptors (Lipinski definition) is 6. The van der Waals surface area contributed by atoms with Gasteiger partial charge in [0, 0.05) is 23.0 Å². The molecule has 0 aliphatic heterocycles. The highest BCUT2D eigenvalue weighted by molar-refractivity contribution is 6.01. The van der Waals surface area contributed by atoms with Crippen LogP contribution in [0.2, 0.25) is 0 Å². The molecule has 0 unspecified atom stereocenters. The number of fused-ring (bicyclic) bond motifs is 2. The maximum Gasteiger partial charge on any atom is 0.406 e. The van der Waals surface area contributed by atoms with E-state index in [1.165, 1.54) is 7.11 Å². The zero-order chi connectivity index (χ0) is 28.1. The van der Waals surface area contributed by atoms with Gasteiger partial charge in [0.05, 0.1) is 13.7 Å². The van der Waals surface area contributed by atoms with Gasteiger partial charge < -0.3 is 29.8 Å². The number of nitrogens with two attached hydrogens (primary N) is 1. The summed E-state index contributed by atoms with van der Waals surface area (Å²) >= 11 is 0. The number of methoxy groups -OCH3 is 1. The van der Waals surface area contributed by atoms with Gasteiger partial charge in [0.2, 0.25) is 0 Å². The van der Waals surface area contributed by atoms with Crippen LogP contribution in [0.25, 0.3) is 21.7 Å². The van der Waals surface area contributed by atoms with Gasteiger partial charge in [-0.3, -0.25) is 5.41 Å². The standard InChI is InChI=1S/C31H28N4O5/c1-38-31(37)34-13-14-39-30(36)28-17-21-11-12-22(29(32)33)18-27(21)35(28)19-23-16-25(40-24-8-3-2-4-9-24)15-20-7-5-6-10-26(20)23/h2-12,15-18H,13-14,19H2,1H3,(H3,32,33)(H,34,37). The molecule has 0 atom stereocenters. The van der Waals surface area contributed by atoms with E-state index in [2.05, 4.69) is 10.1 Å². The highest BCUT2D eigenvalue weighted by Crippen LogP contribution is 2.31. The molecule has 5 aromatic rings. The smallest absolute Gasteiger partial charge is 0.406 e. The van der Waals surface area contributed by atoms with Crippen LogP contribution in [-0.2, 0) is 16.0 Å². The van der Waals surface area contributed by atoms with Crippen molar-refractivity contribution < 1.29 is 23.8 Å². The van der Waals surface area contributed by atoms with Gasteiger partial charge >= 0.3 is 12.1 Å². The summed E-state index contributed by atoms with van der Waals surface area (Å²) in [6.07, 6.45) is -0.605. The molecule has 1 heterocycles. The topological polar surface area (TPSA) is 129 Å². The summed E-state index contributed by atoms with van der Waals surface area (Å²) in [4.78, 5) is 24.6. The van der Waals surface area contributed by atoms with Gasteiger partial charge in [0.15, 0.2) is 0 Å². The first-order chi connectivity index (χ1) is 19.4. The van der Waals surface area contributed by atoms with Gasteiger partial charge in [-0.05, 0) is 52.7 Å². The predicted octanol–water partition coefficient (Wildman–Crippen LogP) is 5.43. The number of amides is 1. The third-order valence-corrected chi connectivity index (χ3v) is 6.44. The molecular formula is C31H28N4O5. The quantitative estimate of drug-likeness (QED) is 0.0997. The van der Waals surface area contributed by atoms with E-state index in [0.717, 1.165) is 27.2 Å². The molecule has 5 rings (SSSR count). The van der Waals surface area contributed by atoms with Crippen molar-refractivity contribution in [2.75, 3.05) is 20.3 Å². The first kappa shape index (κ1) is 26.3. The molecule has 40 heavy (non-hydrogen) atoms. The Labute approximate surface area is 230 Å². The highest BCUT2D eigenvalue weighted by atomic mass is 16.5. The molecule has 202 valence electrons. The van der Waals surface area contributed by atoms with Crippen molar-refractivity contribution in [3.05, 3.63) is 108 Å². The Morgan fingerprint density at radius 2 is 1.68 bits per heavy atom. The van der Waals surface area contributed by atoms with E-state index < -0.39 is 12.1 Å². The number of benzene rings is 4. The molecule has 0 saturated heterocycles. The number of aromatic nitrogens is 1. The number of nitrogens with one attached hydrogen (secondary N) is 2. The van der Waals surface area contributed by atoms with Crippen molar-refractivity contribution >= 4 is 39.6 Å². The highest BCUT2D eigenvalue weighted by Gasteiger charge is 2.19. The van der Waals surface area contributed by atoms with Crippen molar-refractivity contribution in [1.29, 1.82) is 5.41 Å². The fraction of sp³-hybridized carbons (Fsp3) is 0.129. The third-order valence-electron chi connectivity index (χ3n) is 6.44. The Bertz CT molecular complexity index is 1710. The summed E-state index contributed by atoms with van der Waals surface area (Å²) in [5.74, 6) is 0.759. The molecule has 0 aliphatic rings. The number of para-hydroxylation sites is 1. The van der Waals surface area contributed by atoms with Crippen LogP contribution >= 0.6 is 0 Å². The van der Waals surface area contributed by atoms with Crippen molar-refractivity contribution in [1.82, 2.24) is 9.88 Å². The Balaban J connectivity index is 1.55. The van der Waals surface area contributed by atoms with Gasteiger partial charge in [-0.25, -0.2) is 9.59 Å². The fourth-order valence-electron chi connectivity index (χ4n) is 4.55. The lowest BCUT2D eigenvalue weighted by Crippen LogP contribution is -2.28. The number of carbonyl (C=O) groups excluding carboxylic acids is 2. The minimum Gasteiger partial charge on any atom is -0.459 e. The number of ether oxygens (including phenoxy) is 3. The van der Waals surface area contributed by atoms with Crippen molar-refractivity contribution in [3.63, 3.8) is 0 Å². The largest absolute Gasteiger partial charge is 0.459 e. The molecule has 0 bridgehead atoms. The zero-order valence-corrected chi connectivity index (χ0v) is 21.8. The molecule has 4 aromatic carbocycles. The summed E-state index contributed by atoms with van der Waals surface area (Å²) in [7, 11) is 1.26. The normalized spacial score (nSPS) is 10.8. The van der Waals surface area contributed by atoms with E-state index >= 15 is 0 Å². The molecule has 9 nitrogen and oxygen atoms in total. The second-order valence-electron chi connectivity index (χ2n) is 9.08. The average molecular weight is 537 g/mol. The SMILES string of the molecule is COC(=O)NCCOC(=O)c1cc2ccc(C(=N)N)cc2n1Cc1cc(Oc2ccccc2)cc2ccccc12. The van der Waals surface area contributed by atoms with E-state index in [1.54, 1.807) is 18.2 Å². The van der Waals surface area contributed by atoms with Gasteiger partial charge in [-0.15, -0.1) is 0 Å². The zero-order valence-electron chi connectivity index (χ0n) is 21.8. The van der Waals surface area contributed by atoms with Gasteiger partial charge in [0.25, 0.3) is 0 Å². The molecule has 0 spiro atoms. The minimum atomic E-state index is -0.605. The molecule has 1 amide bonds. The van der Waals surface area contributed by atoms with Gasteiger partial charge in [-0.2, -0.15) is 0 Å². The molecule has 0 saturated carbocycles. The van der Waals surface area contributed by atoms with Crippen LogP contribution in [0, 0.1) is 5.41 Å². The Morgan fingerprint density at radius 1 is 0.900 bits per heavy atom. The van der Waals surface area contributed by atoms with Crippen LogP contribution in [0.15, 0.2) is 91.0 Å². The van der Waals surface area contributed by atoms with Crippen LogP contribution in [0.4, 0.5) is 4.79 Å². The van der Waals surface area contributed by atoms with Crippen LogP contribution in [0.5, 0.6) is 11.5 Å². The average Bonchev–Trinajstić information content (AvgIpc) is 3.33. The first-order valence-corrected chi connectivity index (χ1v) is 12.6. The van der Waals surface area contributed by atoms with E-state index in [1.807, 2.05) is 77.4 Å². The van der Waals surface area contributed by atoms with Crippen molar-refractivity contribution in [3.8, 4) is 11.5 Å². The number of rotatable bonds is 9. The number of amidine groups is 1. The third kappa shape index (κ3) is 5.73.